The van der Waals surface area contributed by atoms with Gasteiger partial charge in [-0.15, -0.1) is 11.3 Å². The Morgan fingerprint density at radius 2 is 1.92 bits per heavy atom. The van der Waals surface area contributed by atoms with Crippen molar-refractivity contribution in [2.24, 2.45) is 17.3 Å². The van der Waals surface area contributed by atoms with Gasteiger partial charge in [0.2, 0.25) is 5.78 Å². The highest BCUT2D eigenvalue weighted by atomic mass is 32.1. The number of carbonyl (C=O) groups excluding carboxylic acids is 2. The number of carbonyl (C=O) groups is 2. The predicted octanol–water partition coefficient (Wildman–Crippen LogP) is 3.42. The van der Waals surface area contributed by atoms with Crippen molar-refractivity contribution in [2.75, 3.05) is 6.61 Å². The molecular formula is C19H24O4S. The Bertz CT molecular complexity index is 690. The van der Waals surface area contributed by atoms with Crippen LogP contribution in [0.2, 0.25) is 0 Å². The highest BCUT2D eigenvalue weighted by Crippen LogP contribution is 2.61. The van der Waals surface area contributed by atoms with Crippen LogP contribution in [0, 0.1) is 31.1 Å². The molecule has 4 saturated carbocycles. The number of Topliss-reactive ketones (excluding diaryl/α,β-unsaturated/α-hetero) is 1. The Balaban J connectivity index is 1.45. The molecule has 5 heteroatoms. The molecule has 0 radical (unpaired) electrons. The second-order valence-corrected chi connectivity index (χ2v) is 9.75. The molecular weight excluding hydrogens is 324 g/mol. The lowest BCUT2D eigenvalue weighted by Crippen LogP contribution is -2.58. The first-order valence-electron chi connectivity index (χ1n) is 8.78. The number of aryl methyl sites for hydroxylation is 2. The average Bonchev–Trinajstić information content (AvgIpc) is 2.80. The first-order valence-corrected chi connectivity index (χ1v) is 9.60. The Morgan fingerprint density at radius 1 is 1.25 bits per heavy atom. The van der Waals surface area contributed by atoms with Gasteiger partial charge >= 0.3 is 5.97 Å². The van der Waals surface area contributed by atoms with Crippen molar-refractivity contribution in [2.45, 2.75) is 58.0 Å². The Hall–Kier alpha value is -1.20. The fraction of sp³-hybridized carbons (Fsp3) is 0.684. The van der Waals surface area contributed by atoms with Gasteiger partial charge in [-0.1, -0.05) is 0 Å². The van der Waals surface area contributed by atoms with Crippen LogP contribution in [0.3, 0.4) is 0 Å². The number of aliphatic hydroxyl groups is 1. The third-order valence-electron chi connectivity index (χ3n) is 6.14. The predicted molar refractivity (Wildman–Crippen MR) is 91.1 cm³/mol. The summed E-state index contributed by atoms with van der Waals surface area (Å²) in [6, 6.07) is 1.86. The van der Waals surface area contributed by atoms with E-state index in [1.807, 2.05) is 19.9 Å². The quantitative estimate of drug-likeness (QED) is 0.669. The van der Waals surface area contributed by atoms with E-state index >= 15 is 0 Å². The largest absolute Gasteiger partial charge is 0.457 e. The van der Waals surface area contributed by atoms with E-state index in [9.17, 15) is 14.7 Å². The lowest BCUT2D eigenvalue weighted by atomic mass is 9.48. The van der Waals surface area contributed by atoms with Crippen LogP contribution in [-0.4, -0.2) is 29.1 Å². The first-order chi connectivity index (χ1) is 11.3. The summed E-state index contributed by atoms with van der Waals surface area (Å²) in [5, 5.41) is 10.7. The fourth-order valence-electron chi connectivity index (χ4n) is 5.72. The zero-order valence-corrected chi connectivity index (χ0v) is 15.1. The molecule has 4 nitrogen and oxygen atoms in total. The lowest BCUT2D eigenvalue weighted by molar-refractivity contribution is -0.195. The molecule has 1 N–H and O–H groups in total. The second kappa shape index (κ2) is 5.40. The van der Waals surface area contributed by atoms with Crippen LogP contribution in [0.1, 0.15) is 58.6 Å². The van der Waals surface area contributed by atoms with Crippen molar-refractivity contribution in [3.63, 3.8) is 0 Å². The van der Waals surface area contributed by atoms with E-state index in [-0.39, 0.29) is 18.4 Å². The summed E-state index contributed by atoms with van der Waals surface area (Å²) in [6.07, 6.45) is 4.92. The van der Waals surface area contributed by atoms with Gasteiger partial charge in [0.05, 0.1) is 11.0 Å². The van der Waals surface area contributed by atoms with E-state index in [2.05, 4.69) is 0 Å². The van der Waals surface area contributed by atoms with Crippen LogP contribution in [0.4, 0.5) is 0 Å². The first kappa shape index (κ1) is 16.3. The topological polar surface area (TPSA) is 63.6 Å². The van der Waals surface area contributed by atoms with Crippen LogP contribution in [0.15, 0.2) is 6.07 Å². The van der Waals surface area contributed by atoms with E-state index in [4.69, 9.17) is 4.74 Å². The van der Waals surface area contributed by atoms with Gasteiger partial charge in [0.15, 0.2) is 6.61 Å². The molecule has 130 valence electrons. The van der Waals surface area contributed by atoms with E-state index in [1.54, 1.807) is 11.3 Å². The number of thiophene rings is 1. The van der Waals surface area contributed by atoms with Crippen molar-refractivity contribution in [3.05, 3.63) is 21.4 Å². The third-order valence-corrected chi connectivity index (χ3v) is 7.10. The Kier molecular flexibility index (Phi) is 3.66. The molecule has 4 aliphatic rings. The normalized spacial score (nSPS) is 36.8. The van der Waals surface area contributed by atoms with Gasteiger partial charge in [-0.05, 0) is 70.3 Å². The molecule has 1 heterocycles. The summed E-state index contributed by atoms with van der Waals surface area (Å²) in [5.74, 6) is 0.462. The van der Waals surface area contributed by atoms with Crippen molar-refractivity contribution in [1.82, 2.24) is 0 Å². The number of rotatable bonds is 4. The van der Waals surface area contributed by atoms with E-state index in [1.165, 1.54) is 0 Å². The minimum Gasteiger partial charge on any atom is -0.457 e. The van der Waals surface area contributed by atoms with Gasteiger partial charge in [0.1, 0.15) is 0 Å². The Morgan fingerprint density at radius 3 is 2.46 bits per heavy atom. The average molecular weight is 348 g/mol. The monoisotopic (exact) mass is 348 g/mol. The minimum absolute atomic E-state index is 0.131. The SMILES string of the molecule is Cc1cc(C(=O)COC(=O)C23C[C@@H]4C[C@@H](CC(O)(C4)C2)C3)c(C)s1. The van der Waals surface area contributed by atoms with Gasteiger partial charge in [0.25, 0.3) is 0 Å². The van der Waals surface area contributed by atoms with Crippen LogP contribution in [0.25, 0.3) is 0 Å². The van der Waals surface area contributed by atoms with Crippen LogP contribution >= 0.6 is 11.3 Å². The summed E-state index contributed by atoms with van der Waals surface area (Å²) in [7, 11) is 0. The van der Waals surface area contributed by atoms with Crippen LogP contribution in [-0.2, 0) is 9.53 Å². The maximum Gasteiger partial charge on any atom is 0.312 e. The number of hydrogen-bond acceptors (Lipinski definition) is 5. The van der Waals surface area contributed by atoms with Crippen molar-refractivity contribution < 1.29 is 19.4 Å². The zero-order chi connectivity index (χ0) is 17.1. The van der Waals surface area contributed by atoms with Crippen LogP contribution in [0.5, 0.6) is 0 Å². The molecule has 1 aromatic rings. The van der Waals surface area contributed by atoms with Crippen molar-refractivity contribution >= 4 is 23.1 Å². The number of ketones is 1. The molecule has 1 aromatic heterocycles. The lowest BCUT2D eigenvalue weighted by Gasteiger charge is -2.58. The van der Waals surface area contributed by atoms with Crippen LogP contribution < -0.4 is 0 Å². The molecule has 4 fully saturated rings. The molecule has 0 amide bonds. The molecule has 24 heavy (non-hydrogen) atoms. The third kappa shape index (κ3) is 2.62. The number of ether oxygens (including phenoxy) is 1. The van der Waals surface area contributed by atoms with E-state index in [0.717, 1.165) is 41.9 Å². The zero-order valence-electron chi connectivity index (χ0n) is 14.3. The van der Waals surface area contributed by atoms with Crippen molar-refractivity contribution in [3.8, 4) is 0 Å². The van der Waals surface area contributed by atoms with E-state index in [0.29, 0.717) is 23.8 Å². The molecule has 0 saturated heterocycles. The summed E-state index contributed by atoms with van der Waals surface area (Å²) in [5.41, 5.74) is -0.582. The molecule has 4 aliphatic carbocycles. The Labute approximate surface area is 146 Å². The maximum atomic E-state index is 12.8. The molecule has 5 rings (SSSR count). The van der Waals surface area contributed by atoms with Gasteiger partial charge in [0, 0.05) is 15.3 Å². The van der Waals surface area contributed by atoms with Gasteiger partial charge in [-0.3, -0.25) is 9.59 Å². The molecule has 4 atom stereocenters. The summed E-state index contributed by atoms with van der Waals surface area (Å²) in [6.45, 7) is 3.70. The number of esters is 1. The van der Waals surface area contributed by atoms with E-state index < -0.39 is 11.0 Å². The fourth-order valence-corrected chi connectivity index (χ4v) is 6.67. The second-order valence-electron chi connectivity index (χ2n) is 8.29. The van der Waals surface area contributed by atoms with Gasteiger partial charge in [-0.25, -0.2) is 0 Å². The molecule has 0 spiro atoms. The summed E-state index contributed by atoms with van der Waals surface area (Å²) >= 11 is 1.58. The smallest absolute Gasteiger partial charge is 0.312 e. The standard InChI is InChI=1S/C19H24O4S/c1-11-3-15(12(2)24-11)16(20)9-23-17(21)18-5-13-4-14(6-18)8-19(22,7-13)10-18/h3,13-14,22H,4-10H2,1-2H3/t13-,14+,18?,19?. The molecule has 0 aromatic carbocycles. The highest BCUT2D eigenvalue weighted by Gasteiger charge is 2.60. The summed E-state index contributed by atoms with van der Waals surface area (Å²) < 4.78 is 5.46. The van der Waals surface area contributed by atoms with Gasteiger partial charge in [-0.2, -0.15) is 0 Å². The van der Waals surface area contributed by atoms with Gasteiger partial charge < -0.3 is 9.84 Å². The number of hydrogen-bond donors (Lipinski definition) is 1. The molecule has 0 aliphatic heterocycles. The minimum atomic E-state index is -0.686. The highest BCUT2D eigenvalue weighted by molar-refractivity contribution is 7.12. The maximum absolute atomic E-state index is 12.8. The molecule has 2 unspecified atom stereocenters. The van der Waals surface area contributed by atoms with Crippen molar-refractivity contribution in [1.29, 1.82) is 0 Å². The molecule has 4 bridgehead atoms. The summed E-state index contributed by atoms with van der Waals surface area (Å²) in [4.78, 5) is 27.2.